The highest BCUT2D eigenvalue weighted by atomic mass is 19.1. The molecule has 0 aliphatic rings. The van der Waals surface area contributed by atoms with Crippen molar-refractivity contribution in [3.05, 3.63) is 30.1 Å². The SMILES string of the molecule is CCC(NC(=O)COc1cccc(F)c1)C(=O)OC. The fraction of sp³-hybridized carbons (Fsp3) is 0.385. The maximum atomic E-state index is 12.9. The molecule has 1 rings (SSSR count). The molecule has 0 radical (unpaired) electrons. The molecule has 1 unspecified atom stereocenters. The fourth-order valence-corrected chi connectivity index (χ4v) is 1.41. The van der Waals surface area contributed by atoms with E-state index in [9.17, 15) is 14.0 Å². The van der Waals surface area contributed by atoms with E-state index in [-0.39, 0.29) is 12.4 Å². The number of ether oxygens (including phenoxy) is 2. The molecule has 0 spiro atoms. The zero-order chi connectivity index (χ0) is 14.3. The van der Waals surface area contributed by atoms with E-state index in [4.69, 9.17) is 4.74 Å². The van der Waals surface area contributed by atoms with Gasteiger partial charge in [-0.2, -0.15) is 0 Å². The molecule has 1 aromatic carbocycles. The van der Waals surface area contributed by atoms with Crippen LogP contribution < -0.4 is 10.1 Å². The van der Waals surface area contributed by atoms with Crippen LogP contribution in [-0.4, -0.2) is 31.6 Å². The monoisotopic (exact) mass is 269 g/mol. The number of nitrogens with one attached hydrogen (secondary N) is 1. The van der Waals surface area contributed by atoms with Crippen LogP contribution in [0.15, 0.2) is 24.3 Å². The first-order chi connectivity index (χ1) is 9.06. The van der Waals surface area contributed by atoms with Gasteiger partial charge in [0.25, 0.3) is 5.91 Å². The van der Waals surface area contributed by atoms with Crippen molar-refractivity contribution in [2.75, 3.05) is 13.7 Å². The number of rotatable bonds is 6. The van der Waals surface area contributed by atoms with Crippen molar-refractivity contribution < 1.29 is 23.5 Å². The molecule has 0 aliphatic heterocycles. The van der Waals surface area contributed by atoms with E-state index in [1.54, 1.807) is 6.92 Å². The normalized spacial score (nSPS) is 11.5. The lowest BCUT2D eigenvalue weighted by Crippen LogP contribution is -2.43. The minimum absolute atomic E-state index is 0.251. The number of amides is 1. The number of methoxy groups -OCH3 is 1. The van der Waals surface area contributed by atoms with Gasteiger partial charge in [0.1, 0.15) is 17.6 Å². The number of carbonyl (C=O) groups excluding carboxylic acids is 2. The van der Waals surface area contributed by atoms with Crippen LogP contribution in [0.3, 0.4) is 0 Å². The molecule has 0 bridgehead atoms. The van der Waals surface area contributed by atoms with Crippen LogP contribution in [0.5, 0.6) is 5.75 Å². The van der Waals surface area contributed by atoms with Gasteiger partial charge in [0, 0.05) is 6.07 Å². The molecular weight excluding hydrogens is 253 g/mol. The van der Waals surface area contributed by atoms with Gasteiger partial charge in [-0.15, -0.1) is 0 Å². The molecule has 1 amide bonds. The average Bonchev–Trinajstić information content (AvgIpc) is 2.41. The van der Waals surface area contributed by atoms with Crippen molar-refractivity contribution in [1.82, 2.24) is 5.32 Å². The van der Waals surface area contributed by atoms with Gasteiger partial charge in [-0.1, -0.05) is 13.0 Å². The molecule has 19 heavy (non-hydrogen) atoms. The quantitative estimate of drug-likeness (QED) is 0.790. The second-order valence-electron chi connectivity index (χ2n) is 3.80. The predicted molar refractivity (Wildman–Crippen MR) is 66.1 cm³/mol. The highest BCUT2D eigenvalue weighted by Gasteiger charge is 2.19. The van der Waals surface area contributed by atoms with Crippen LogP contribution in [-0.2, 0) is 14.3 Å². The minimum atomic E-state index is -0.700. The zero-order valence-electron chi connectivity index (χ0n) is 10.8. The van der Waals surface area contributed by atoms with Crippen LogP contribution in [0.1, 0.15) is 13.3 Å². The van der Waals surface area contributed by atoms with Gasteiger partial charge < -0.3 is 14.8 Å². The molecule has 0 aromatic heterocycles. The Morgan fingerprint density at radius 3 is 2.74 bits per heavy atom. The molecule has 104 valence electrons. The molecule has 0 fully saturated rings. The minimum Gasteiger partial charge on any atom is -0.484 e. The first-order valence-corrected chi connectivity index (χ1v) is 5.82. The summed E-state index contributed by atoms with van der Waals surface area (Å²) in [6.45, 7) is 1.45. The summed E-state index contributed by atoms with van der Waals surface area (Å²) in [7, 11) is 1.25. The molecule has 1 aromatic rings. The Bertz CT molecular complexity index is 450. The molecular formula is C13H16FNO4. The smallest absolute Gasteiger partial charge is 0.328 e. The highest BCUT2D eigenvalue weighted by Crippen LogP contribution is 2.11. The third-order valence-electron chi connectivity index (χ3n) is 2.40. The Balaban J connectivity index is 2.45. The van der Waals surface area contributed by atoms with E-state index in [0.29, 0.717) is 6.42 Å². The summed E-state index contributed by atoms with van der Waals surface area (Å²) in [5.41, 5.74) is 0. The number of hydrogen-bond acceptors (Lipinski definition) is 4. The largest absolute Gasteiger partial charge is 0.484 e. The van der Waals surface area contributed by atoms with Crippen molar-refractivity contribution >= 4 is 11.9 Å². The number of benzene rings is 1. The van der Waals surface area contributed by atoms with Gasteiger partial charge in [-0.25, -0.2) is 9.18 Å². The van der Waals surface area contributed by atoms with Gasteiger partial charge in [0.05, 0.1) is 7.11 Å². The van der Waals surface area contributed by atoms with Crippen molar-refractivity contribution in [2.24, 2.45) is 0 Å². The number of esters is 1. The summed E-state index contributed by atoms with van der Waals surface area (Å²) in [5, 5.41) is 2.47. The van der Waals surface area contributed by atoms with Crippen molar-refractivity contribution in [2.45, 2.75) is 19.4 Å². The highest BCUT2D eigenvalue weighted by molar-refractivity contribution is 5.85. The molecule has 1 atom stereocenters. The lowest BCUT2D eigenvalue weighted by molar-refractivity contribution is -0.145. The van der Waals surface area contributed by atoms with E-state index >= 15 is 0 Å². The van der Waals surface area contributed by atoms with E-state index in [2.05, 4.69) is 10.1 Å². The third kappa shape index (κ3) is 4.95. The molecule has 0 saturated carbocycles. The second kappa shape index (κ2) is 7.35. The topological polar surface area (TPSA) is 64.6 Å². The van der Waals surface area contributed by atoms with Gasteiger partial charge in [-0.3, -0.25) is 4.79 Å². The molecule has 0 saturated heterocycles. The molecule has 0 heterocycles. The average molecular weight is 269 g/mol. The van der Waals surface area contributed by atoms with E-state index in [0.717, 1.165) is 0 Å². The second-order valence-corrected chi connectivity index (χ2v) is 3.80. The Hall–Kier alpha value is -2.11. The van der Waals surface area contributed by atoms with Crippen molar-refractivity contribution in [3.63, 3.8) is 0 Å². The molecule has 1 N–H and O–H groups in total. The Morgan fingerprint density at radius 1 is 1.42 bits per heavy atom. The van der Waals surface area contributed by atoms with E-state index < -0.39 is 23.7 Å². The standard InChI is InChI=1S/C13H16FNO4/c1-3-11(13(17)18-2)15-12(16)8-19-10-6-4-5-9(14)7-10/h4-7,11H,3,8H2,1-2H3,(H,15,16). The first kappa shape index (κ1) is 14.9. The summed E-state index contributed by atoms with van der Waals surface area (Å²) >= 11 is 0. The Kier molecular flexibility index (Phi) is 5.78. The maximum absolute atomic E-state index is 12.9. The Morgan fingerprint density at radius 2 is 2.16 bits per heavy atom. The van der Waals surface area contributed by atoms with E-state index in [1.165, 1.54) is 31.4 Å². The van der Waals surface area contributed by atoms with Gasteiger partial charge in [0.15, 0.2) is 6.61 Å². The lowest BCUT2D eigenvalue weighted by atomic mass is 10.2. The zero-order valence-corrected chi connectivity index (χ0v) is 10.8. The van der Waals surface area contributed by atoms with Crippen LogP contribution in [0, 0.1) is 5.82 Å². The lowest BCUT2D eigenvalue weighted by Gasteiger charge is -2.14. The van der Waals surface area contributed by atoms with E-state index in [1.807, 2.05) is 0 Å². The van der Waals surface area contributed by atoms with Crippen molar-refractivity contribution in [3.8, 4) is 5.75 Å². The van der Waals surface area contributed by atoms with Gasteiger partial charge >= 0.3 is 5.97 Å². The predicted octanol–water partition coefficient (Wildman–Crippen LogP) is 1.27. The summed E-state index contributed by atoms with van der Waals surface area (Å²) in [6, 6.07) is 4.76. The summed E-state index contributed by atoms with van der Waals surface area (Å²) in [4.78, 5) is 22.8. The molecule has 5 nitrogen and oxygen atoms in total. The number of carbonyl (C=O) groups is 2. The van der Waals surface area contributed by atoms with Crippen molar-refractivity contribution in [1.29, 1.82) is 0 Å². The summed E-state index contributed by atoms with van der Waals surface area (Å²) in [5.74, 6) is -1.18. The maximum Gasteiger partial charge on any atom is 0.328 e. The van der Waals surface area contributed by atoms with Gasteiger partial charge in [0.2, 0.25) is 0 Å². The number of halogens is 1. The van der Waals surface area contributed by atoms with Gasteiger partial charge in [-0.05, 0) is 18.6 Å². The third-order valence-corrected chi connectivity index (χ3v) is 2.40. The summed E-state index contributed by atoms with van der Waals surface area (Å²) < 4.78 is 22.5. The van der Waals surface area contributed by atoms with Crippen LogP contribution in [0.2, 0.25) is 0 Å². The summed E-state index contributed by atoms with van der Waals surface area (Å²) in [6.07, 6.45) is 0.415. The molecule has 0 aliphatic carbocycles. The van der Waals surface area contributed by atoms with Crippen LogP contribution in [0.25, 0.3) is 0 Å². The first-order valence-electron chi connectivity index (χ1n) is 5.82. The molecule has 6 heteroatoms. The van der Waals surface area contributed by atoms with Crippen LogP contribution in [0.4, 0.5) is 4.39 Å². The number of hydrogen-bond donors (Lipinski definition) is 1. The fourth-order valence-electron chi connectivity index (χ4n) is 1.41. The van der Waals surface area contributed by atoms with Crippen LogP contribution >= 0.6 is 0 Å². The Labute approximate surface area is 110 Å².